The lowest BCUT2D eigenvalue weighted by Gasteiger charge is -2.26. The Morgan fingerprint density at radius 3 is 2.55 bits per heavy atom. The fraction of sp³-hybridized carbons (Fsp3) is 0.400. The highest BCUT2D eigenvalue weighted by Gasteiger charge is 2.50. The van der Waals surface area contributed by atoms with Gasteiger partial charge in [0.05, 0.1) is 10.4 Å². The third kappa shape index (κ3) is 2.45. The lowest BCUT2D eigenvalue weighted by molar-refractivity contribution is -0.141. The number of likely N-dealkylation sites (tertiary alicyclic amines) is 1. The molecule has 20 heavy (non-hydrogen) atoms. The number of amides is 2. The molecule has 2 amide bonds. The van der Waals surface area contributed by atoms with E-state index in [9.17, 15) is 9.59 Å². The van der Waals surface area contributed by atoms with Gasteiger partial charge in [-0.25, -0.2) is 0 Å². The van der Waals surface area contributed by atoms with Crippen LogP contribution in [0.1, 0.15) is 32.3 Å². The van der Waals surface area contributed by atoms with Gasteiger partial charge in [-0.15, -0.1) is 0 Å². The zero-order chi connectivity index (χ0) is 14.9. The fourth-order valence-electron chi connectivity index (χ4n) is 2.70. The molecule has 1 fully saturated rings. The fourth-order valence-corrected chi connectivity index (χ4v) is 2.94. The van der Waals surface area contributed by atoms with Gasteiger partial charge in [0, 0.05) is 18.9 Å². The Labute approximate surface area is 123 Å². The first-order valence-corrected chi connectivity index (χ1v) is 6.97. The monoisotopic (exact) mass is 290 g/mol. The molecule has 0 radical (unpaired) electrons. The maximum atomic E-state index is 12.7. The Bertz CT molecular complexity index is 558. The van der Waals surface area contributed by atoms with E-state index in [0.717, 1.165) is 5.56 Å². The van der Waals surface area contributed by atoms with Crippen LogP contribution in [0.2, 0.25) is 0 Å². The highest BCUT2D eigenvalue weighted by atomic mass is 32.1. The van der Waals surface area contributed by atoms with Gasteiger partial charge in [-0.05, 0) is 19.4 Å². The number of imide groups is 1. The Hall–Kier alpha value is -1.75. The van der Waals surface area contributed by atoms with Gasteiger partial charge in [0.25, 0.3) is 0 Å². The zero-order valence-corrected chi connectivity index (χ0v) is 12.4. The number of nitrogens with zero attached hydrogens (tertiary/aromatic N) is 1. The molecule has 0 saturated carbocycles. The molecule has 1 aliphatic rings. The number of carbonyl (C=O) groups is 2. The molecule has 1 aromatic rings. The van der Waals surface area contributed by atoms with Crippen LogP contribution >= 0.6 is 12.2 Å². The second kappa shape index (κ2) is 5.32. The molecule has 1 saturated heterocycles. The molecule has 2 rings (SSSR count). The lowest BCUT2D eigenvalue weighted by Crippen LogP contribution is -2.43. The number of nitrogens with two attached hydrogens (primary N) is 1. The second-order valence-electron chi connectivity index (χ2n) is 5.46. The van der Waals surface area contributed by atoms with Crippen molar-refractivity contribution in [1.82, 2.24) is 4.90 Å². The summed E-state index contributed by atoms with van der Waals surface area (Å²) in [5.41, 5.74) is 5.59. The van der Waals surface area contributed by atoms with Crippen LogP contribution in [0.25, 0.3) is 0 Å². The number of rotatable bonds is 4. The molecule has 5 heteroatoms. The largest absolute Gasteiger partial charge is 0.393 e. The van der Waals surface area contributed by atoms with E-state index < -0.39 is 5.41 Å². The van der Waals surface area contributed by atoms with Gasteiger partial charge < -0.3 is 5.73 Å². The lowest BCUT2D eigenvalue weighted by atomic mass is 9.81. The highest BCUT2D eigenvalue weighted by molar-refractivity contribution is 7.80. The molecule has 106 valence electrons. The van der Waals surface area contributed by atoms with Crippen molar-refractivity contribution in [3.05, 3.63) is 35.9 Å². The quantitative estimate of drug-likeness (QED) is 0.678. The molecule has 1 aromatic carbocycles. The van der Waals surface area contributed by atoms with Gasteiger partial charge in [-0.2, -0.15) is 0 Å². The van der Waals surface area contributed by atoms with Gasteiger partial charge in [-0.1, -0.05) is 42.5 Å². The smallest absolute Gasteiger partial charge is 0.240 e. The molecular weight excluding hydrogens is 272 g/mol. The van der Waals surface area contributed by atoms with Crippen molar-refractivity contribution < 1.29 is 9.59 Å². The summed E-state index contributed by atoms with van der Waals surface area (Å²) >= 11 is 4.86. The Morgan fingerprint density at radius 1 is 1.40 bits per heavy atom. The summed E-state index contributed by atoms with van der Waals surface area (Å²) in [7, 11) is 0. The minimum absolute atomic E-state index is 0.162. The van der Waals surface area contributed by atoms with Crippen molar-refractivity contribution in [2.24, 2.45) is 5.73 Å². The summed E-state index contributed by atoms with van der Waals surface area (Å²) in [6.45, 7) is 3.61. The number of benzene rings is 1. The van der Waals surface area contributed by atoms with Crippen molar-refractivity contribution in [2.75, 3.05) is 0 Å². The molecule has 4 nitrogen and oxygen atoms in total. The van der Waals surface area contributed by atoms with E-state index in [4.69, 9.17) is 18.0 Å². The normalized spacial score (nSPS) is 24.0. The van der Waals surface area contributed by atoms with Crippen LogP contribution in [0.5, 0.6) is 0 Å². The standard InChI is InChI=1S/C15H18N2O2S/c1-10(8-12(16)20)17-13(18)9-15(2,14(17)19)11-6-4-3-5-7-11/h3-7,10H,8-9H2,1-2H3,(H2,16,20). The average molecular weight is 290 g/mol. The van der Waals surface area contributed by atoms with E-state index in [1.807, 2.05) is 37.3 Å². The van der Waals surface area contributed by atoms with Crippen LogP contribution in [0, 0.1) is 0 Å². The zero-order valence-electron chi connectivity index (χ0n) is 11.6. The highest BCUT2D eigenvalue weighted by Crippen LogP contribution is 2.37. The number of hydrogen-bond acceptors (Lipinski definition) is 3. The number of carbonyl (C=O) groups excluding carboxylic acids is 2. The molecular formula is C15H18N2O2S. The first-order chi connectivity index (χ1) is 9.36. The van der Waals surface area contributed by atoms with Gasteiger partial charge >= 0.3 is 0 Å². The van der Waals surface area contributed by atoms with E-state index in [2.05, 4.69) is 0 Å². The van der Waals surface area contributed by atoms with E-state index in [1.165, 1.54) is 4.90 Å². The molecule has 0 aliphatic carbocycles. The van der Waals surface area contributed by atoms with Crippen LogP contribution < -0.4 is 5.73 Å². The SMILES string of the molecule is CC(CC(N)=S)N1C(=O)CC(C)(c2ccccc2)C1=O. The minimum atomic E-state index is -0.789. The molecule has 1 aliphatic heterocycles. The summed E-state index contributed by atoms with van der Waals surface area (Å²) in [4.78, 5) is 26.5. The maximum absolute atomic E-state index is 12.7. The van der Waals surface area contributed by atoms with Crippen molar-refractivity contribution in [2.45, 2.75) is 38.1 Å². The van der Waals surface area contributed by atoms with Crippen molar-refractivity contribution in [1.29, 1.82) is 0 Å². The predicted molar refractivity (Wildman–Crippen MR) is 81.1 cm³/mol. The second-order valence-corrected chi connectivity index (χ2v) is 5.99. The van der Waals surface area contributed by atoms with Crippen LogP contribution in [0.3, 0.4) is 0 Å². The van der Waals surface area contributed by atoms with E-state index in [1.54, 1.807) is 6.92 Å². The van der Waals surface area contributed by atoms with Crippen LogP contribution in [0.4, 0.5) is 0 Å². The number of hydrogen-bond donors (Lipinski definition) is 1. The first-order valence-electron chi connectivity index (χ1n) is 6.56. The third-order valence-electron chi connectivity index (χ3n) is 3.81. The van der Waals surface area contributed by atoms with Gasteiger partial charge in [-0.3, -0.25) is 14.5 Å². The molecule has 1 heterocycles. The average Bonchev–Trinajstić information content (AvgIpc) is 2.61. The van der Waals surface area contributed by atoms with Gasteiger partial charge in [0.1, 0.15) is 0 Å². The maximum Gasteiger partial charge on any atom is 0.240 e. The molecule has 2 unspecified atom stereocenters. The van der Waals surface area contributed by atoms with E-state index >= 15 is 0 Å². The van der Waals surface area contributed by atoms with Gasteiger partial charge in [0.2, 0.25) is 11.8 Å². The Morgan fingerprint density at radius 2 is 2.00 bits per heavy atom. The van der Waals surface area contributed by atoms with Crippen LogP contribution in [0.15, 0.2) is 30.3 Å². The summed E-state index contributed by atoms with van der Waals surface area (Å²) in [6.07, 6.45) is 0.551. The molecule has 0 aromatic heterocycles. The number of thiocarbonyl (C=S) groups is 1. The Balaban J connectivity index is 2.31. The van der Waals surface area contributed by atoms with Crippen molar-refractivity contribution in [3.8, 4) is 0 Å². The van der Waals surface area contributed by atoms with Crippen molar-refractivity contribution in [3.63, 3.8) is 0 Å². The first kappa shape index (κ1) is 14.7. The van der Waals surface area contributed by atoms with Crippen LogP contribution in [-0.4, -0.2) is 27.7 Å². The predicted octanol–water partition coefficient (Wildman–Crippen LogP) is 1.77. The molecule has 0 bridgehead atoms. The van der Waals surface area contributed by atoms with Gasteiger partial charge in [0.15, 0.2) is 0 Å². The van der Waals surface area contributed by atoms with E-state index in [-0.39, 0.29) is 24.3 Å². The molecule has 2 atom stereocenters. The summed E-state index contributed by atoms with van der Waals surface area (Å²) < 4.78 is 0. The molecule has 0 spiro atoms. The van der Waals surface area contributed by atoms with Crippen LogP contribution in [-0.2, 0) is 15.0 Å². The summed E-state index contributed by atoms with van der Waals surface area (Å²) in [5, 5.41) is 0. The topological polar surface area (TPSA) is 63.4 Å². The summed E-state index contributed by atoms with van der Waals surface area (Å²) in [5.74, 6) is -0.331. The molecule has 2 N–H and O–H groups in total. The third-order valence-corrected chi connectivity index (χ3v) is 3.98. The van der Waals surface area contributed by atoms with E-state index in [0.29, 0.717) is 11.4 Å². The summed E-state index contributed by atoms with van der Waals surface area (Å²) in [6, 6.07) is 9.11. The minimum Gasteiger partial charge on any atom is -0.393 e. The van der Waals surface area contributed by atoms with Crippen molar-refractivity contribution >= 4 is 29.0 Å². The Kier molecular flexibility index (Phi) is 3.90.